The zero-order valence-corrected chi connectivity index (χ0v) is 30.3. The Bertz CT molecular complexity index is 1830. The number of hydroxylamine groups is 1. The lowest BCUT2D eigenvalue weighted by atomic mass is 9.94. The van der Waals surface area contributed by atoms with Crippen molar-refractivity contribution in [2.75, 3.05) is 67.0 Å². The average Bonchev–Trinajstić information content (AvgIpc) is 3.85. The van der Waals surface area contributed by atoms with E-state index in [2.05, 4.69) is 55.7 Å². The van der Waals surface area contributed by atoms with Crippen LogP contribution in [0, 0.1) is 5.82 Å². The molecule has 7 rings (SSSR count). The number of alkyl halides is 3. The lowest BCUT2D eigenvalue weighted by Crippen LogP contribution is -2.62. The highest BCUT2D eigenvalue weighted by atomic mass is 19.4. The van der Waals surface area contributed by atoms with Crippen LogP contribution in [-0.2, 0) is 15.8 Å². The van der Waals surface area contributed by atoms with E-state index in [9.17, 15) is 18.0 Å². The Morgan fingerprint density at radius 3 is 2.47 bits per heavy atom. The predicted octanol–water partition coefficient (Wildman–Crippen LogP) is 6.92. The molecule has 53 heavy (non-hydrogen) atoms. The van der Waals surface area contributed by atoms with Gasteiger partial charge >= 0.3 is 6.18 Å². The van der Waals surface area contributed by atoms with Crippen LogP contribution in [0.4, 0.5) is 46.3 Å². The minimum atomic E-state index is -4.84. The molecule has 1 unspecified atom stereocenters. The zero-order chi connectivity index (χ0) is 37.5. The van der Waals surface area contributed by atoms with Gasteiger partial charge in [0.15, 0.2) is 5.82 Å². The molecular weight excluding hydrogens is 692 g/mol. The molecule has 3 aliphatic heterocycles. The fourth-order valence-electron chi connectivity index (χ4n) is 8.11. The van der Waals surface area contributed by atoms with Gasteiger partial charge in [0.25, 0.3) is 0 Å². The van der Waals surface area contributed by atoms with E-state index < -0.39 is 23.6 Å². The van der Waals surface area contributed by atoms with Crippen LogP contribution in [0.3, 0.4) is 0 Å². The van der Waals surface area contributed by atoms with Crippen molar-refractivity contribution >= 4 is 34.6 Å². The molecule has 11 nitrogen and oxygen atoms in total. The van der Waals surface area contributed by atoms with E-state index in [1.54, 1.807) is 19.2 Å². The molecule has 4 fully saturated rings. The van der Waals surface area contributed by atoms with Crippen molar-refractivity contribution in [3.8, 4) is 5.75 Å². The summed E-state index contributed by atoms with van der Waals surface area (Å²) in [6.07, 6.45) is 2.51. The third kappa shape index (κ3) is 7.78. The zero-order valence-electron chi connectivity index (χ0n) is 30.3. The maximum absolute atomic E-state index is 15.1. The molecule has 3 aromatic rings. The summed E-state index contributed by atoms with van der Waals surface area (Å²) in [4.78, 5) is 34.6. The fourth-order valence-corrected chi connectivity index (χ4v) is 8.11. The van der Waals surface area contributed by atoms with Crippen molar-refractivity contribution in [2.45, 2.75) is 75.8 Å². The Morgan fingerprint density at radius 2 is 1.79 bits per heavy atom. The first kappa shape index (κ1) is 36.9. The quantitative estimate of drug-likeness (QED) is 0.169. The van der Waals surface area contributed by atoms with Crippen molar-refractivity contribution in [1.82, 2.24) is 19.8 Å². The summed E-state index contributed by atoms with van der Waals surface area (Å²) in [5, 5.41) is 7.49. The Hall–Kier alpha value is -4.47. The highest BCUT2D eigenvalue weighted by Crippen LogP contribution is 2.43. The minimum absolute atomic E-state index is 0.144. The van der Waals surface area contributed by atoms with Gasteiger partial charge in [0.2, 0.25) is 5.91 Å². The predicted molar refractivity (Wildman–Crippen MR) is 195 cm³/mol. The van der Waals surface area contributed by atoms with Crippen LogP contribution in [0.2, 0.25) is 0 Å². The smallest absolute Gasteiger partial charge is 0.419 e. The van der Waals surface area contributed by atoms with Crippen LogP contribution in [0.5, 0.6) is 5.75 Å². The Balaban J connectivity index is 1.09. The molecule has 0 bridgehead atoms. The number of carbonyl (C=O) groups is 1. The highest BCUT2D eigenvalue weighted by Gasteiger charge is 2.44. The minimum Gasteiger partial charge on any atom is -0.494 e. The molecule has 0 radical (unpaired) electrons. The number of carbonyl (C=O) groups excluding carboxylic acids is 1. The van der Waals surface area contributed by atoms with Gasteiger partial charge in [-0.05, 0) is 57.7 Å². The van der Waals surface area contributed by atoms with E-state index in [0.717, 1.165) is 63.4 Å². The van der Waals surface area contributed by atoms with Crippen LogP contribution >= 0.6 is 0 Å². The van der Waals surface area contributed by atoms with E-state index in [4.69, 9.17) is 9.57 Å². The molecule has 284 valence electrons. The lowest BCUT2D eigenvalue weighted by Gasteiger charge is -2.51. The summed E-state index contributed by atoms with van der Waals surface area (Å²) in [5.74, 6) is -0.676. The first-order valence-corrected chi connectivity index (χ1v) is 18.1. The van der Waals surface area contributed by atoms with Gasteiger partial charge in [0, 0.05) is 74.5 Å². The first-order valence-electron chi connectivity index (χ1n) is 18.1. The molecule has 2 N–H and O–H groups in total. The third-order valence-electron chi connectivity index (χ3n) is 10.8. The third-order valence-corrected chi connectivity index (χ3v) is 10.8. The number of hydrogen-bond donors (Lipinski definition) is 2. The molecule has 4 aliphatic rings. The average molecular weight is 739 g/mol. The highest BCUT2D eigenvalue weighted by molar-refractivity contribution is 6.02. The number of rotatable bonds is 10. The molecule has 1 aliphatic carbocycles. The molecule has 3 saturated heterocycles. The Kier molecular flexibility index (Phi) is 10.3. The lowest BCUT2D eigenvalue weighted by molar-refractivity contribution is -0.140. The number of halogens is 4. The van der Waals surface area contributed by atoms with Gasteiger partial charge < -0.3 is 20.3 Å². The molecule has 1 atom stereocenters. The molecule has 1 saturated carbocycles. The summed E-state index contributed by atoms with van der Waals surface area (Å²) in [5.41, 5.74) is 0.552. The maximum Gasteiger partial charge on any atom is 0.419 e. The number of piperidine rings is 1. The van der Waals surface area contributed by atoms with E-state index in [1.165, 1.54) is 42.4 Å². The summed E-state index contributed by atoms with van der Waals surface area (Å²) >= 11 is 0. The molecule has 15 heteroatoms. The summed E-state index contributed by atoms with van der Waals surface area (Å²) in [6.45, 7) is 13.4. The topological polar surface area (TPSA) is 98.3 Å². The molecule has 1 amide bonds. The van der Waals surface area contributed by atoms with Crippen LogP contribution in [0.15, 0.2) is 55.4 Å². The van der Waals surface area contributed by atoms with E-state index >= 15 is 4.39 Å². The molecule has 1 aromatic heterocycles. The van der Waals surface area contributed by atoms with Gasteiger partial charge in [-0.3, -0.25) is 19.4 Å². The van der Waals surface area contributed by atoms with E-state index in [-0.39, 0.29) is 35.9 Å². The number of piperazine rings is 1. The number of amides is 1. The number of anilines is 5. The van der Waals surface area contributed by atoms with Gasteiger partial charge in [-0.25, -0.2) is 19.4 Å². The normalized spacial score (nSPS) is 21.5. The summed E-state index contributed by atoms with van der Waals surface area (Å²) < 4.78 is 61.4. The van der Waals surface area contributed by atoms with Crippen molar-refractivity contribution in [3.63, 3.8) is 0 Å². The number of nitrogens with zero attached hydrogens (tertiary/aromatic N) is 6. The molecular formula is C38H46F4N8O3. The van der Waals surface area contributed by atoms with E-state index in [0.29, 0.717) is 29.0 Å². The van der Waals surface area contributed by atoms with Crippen molar-refractivity contribution in [2.24, 2.45) is 0 Å². The molecule has 4 heterocycles. The van der Waals surface area contributed by atoms with Gasteiger partial charge in [0.05, 0.1) is 42.4 Å². The number of hydrogen-bond acceptors (Lipinski definition) is 10. The second-order valence-corrected chi connectivity index (χ2v) is 14.7. The van der Waals surface area contributed by atoms with Crippen LogP contribution in [0.1, 0.15) is 63.1 Å². The van der Waals surface area contributed by atoms with Gasteiger partial charge in [-0.1, -0.05) is 18.7 Å². The number of nitrogens with one attached hydrogen (secondary N) is 2. The largest absolute Gasteiger partial charge is 0.494 e. The fraction of sp³-hybridized carbons (Fsp3) is 0.500. The van der Waals surface area contributed by atoms with E-state index in [1.807, 2.05) is 6.07 Å². The Labute approximate surface area is 306 Å². The standard InChI is InChI=1S/C38H46F4N8O3/c1-5-35(51)46-28-19-29(32(52-4)20-31(28)47-14-11-24(12-15-47)48-16-17-49(25-9-10-25)37(2,3)22-48)45-33-21-34(44-23-43-33)50-30(13-18-53-50)26-7-6-8-27(36(26)39)38(40,41)42/h5-8,19-21,23-25,30H,1,9-18,22H2,2-4H3,(H,46,51)(H,43,44,45). The number of ether oxygens (including phenoxy) is 1. The molecule has 0 spiro atoms. The molecule has 2 aromatic carbocycles. The second-order valence-electron chi connectivity index (χ2n) is 14.7. The SMILES string of the molecule is C=CC(=O)Nc1cc(Nc2cc(N3OCCC3c3cccc(C(F)(F)F)c3F)ncn2)c(OC)cc1N1CCC(N2CCN(C3CC3)C(C)(C)C2)CC1. The number of benzene rings is 2. The van der Waals surface area contributed by atoms with Crippen molar-refractivity contribution in [3.05, 3.63) is 72.3 Å². The summed E-state index contributed by atoms with van der Waals surface area (Å²) in [6, 6.07) is 8.82. The summed E-state index contributed by atoms with van der Waals surface area (Å²) in [7, 11) is 1.55. The Morgan fingerprint density at radius 1 is 1.02 bits per heavy atom. The monoisotopic (exact) mass is 738 g/mol. The van der Waals surface area contributed by atoms with Gasteiger partial charge in [-0.15, -0.1) is 0 Å². The maximum atomic E-state index is 15.1. The van der Waals surface area contributed by atoms with Gasteiger partial charge in [0.1, 0.15) is 23.7 Å². The van der Waals surface area contributed by atoms with Gasteiger partial charge in [-0.2, -0.15) is 13.2 Å². The first-order chi connectivity index (χ1) is 25.4. The van der Waals surface area contributed by atoms with Crippen molar-refractivity contribution in [1.29, 1.82) is 0 Å². The number of methoxy groups -OCH3 is 1. The second kappa shape index (κ2) is 14.7. The van der Waals surface area contributed by atoms with Crippen LogP contribution in [0.25, 0.3) is 0 Å². The van der Waals surface area contributed by atoms with Crippen LogP contribution in [-0.4, -0.2) is 89.7 Å². The van der Waals surface area contributed by atoms with Crippen LogP contribution < -0.4 is 25.3 Å². The number of aromatic nitrogens is 2. The van der Waals surface area contributed by atoms with Crippen molar-refractivity contribution < 1.29 is 31.9 Å².